The van der Waals surface area contributed by atoms with E-state index in [0.717, 1.165) is 17.3 Å². The minimum atomic E-state index is -0.422. The van der Waals surface area contributed by atoms with Gasteiger partial charge in [-0.1, -0.05) is 17.8 Å². The molecule has 1 fully saturated rings. The highest BCUT2D eigenvalue weighted by atomic mass is 32.2. The summed E-state index contributed by atoms with van der Waals surface area (Å²) in [7, 11) is 0. The molecule has 144 valence electrons. The number of nitrogens with zero attached hydrogens (tertiary/aromatic N) is 4. The molecule has 0 saturated carbocycles. The van der Waals surface area contributed by atoms with Crippen LogP contribution in [0.3, 0.4) is 0 Å². The van der Waals surface area contributed by atoms with Gasteiger partial charge in [0.1, 0.15) is 0 Å². The maximum absolute atomic E-state index is 12.6. The molecular formula is C19H25N5O2S. The Balaban J connectivity index is 1.63. The Bertz CT molecular complexity index is 815. The number of aromatic nitrogens is 2. The van der Waals surface area contributed by atoms with E-state index in [0.29, 0.717) is 31.9 Å². The lowest BCUT2D eigenvalue weighted by Crippen LogP contribution is -2.40. The SMILES string of the molecule is Cc1cc(C)cc(-n2ccnc2SCC(=O)N2CCCN(C(N)=O)CC2)c1. The molecule has 0 aliphatic carbocycles. The Kier molecular flexibility index (Phi) is 6.05. The predicted molar refractivity (Wildman–Crippen MR) is 106 cm³/mol. The number of primary amides is 1. The molecule has 2 heterocycles. The van der Waals surface area contributed by atoms with Gasteiger partial charge in [-0.3, -0.25) is 9.36 Å². The number of rotatable bonds is 4. The molecule has 8 heteroatoms. The molecule has 1 aromatic carbocycles. The number of hydrogen-bond donors (Lipinski definition) is 1. The zero-order chi connectivity index (χ0) is 19.4. The number of benzene rings is 1. The Morgan fingerprint density at radius 1 is 1.07 bits per heavy atom. The van der Waals surface area contributed by atoms with Crippen molar-refractivity contribution in [2.75, 3.05) is 31.9 Å². The molecule has 3 rings (SSSR count). The van der Waals surface area contributed by atoms with Crippen LogP contribution in [0.5, 0.6) is 0 Å². The third-order valence-corrected chi connectivity index (χ3v) is 5.53. The van der Waals surface area contributed by atoms with Crippen LogP contribution in [0.25, 0.3) is 5.69 Å². The van der Waals surface area contributed by atoms with Crippen LogP contribution in [0.1, 0.15) is 17.5 Å². The third-order valence-electron chi connectivity index (χ3n) is 4.58. The van der Waals surface area contributed by atoms with Crippen LogP contribution in [0.4, 0.5) is 4.79 Å². The molecule has 27 heavy (non-hydrogen) atoms. The van der Waals surface area contributed by atoms with Gasteiger partial charge in [0.05, 0.1) is 5.75 Å². The summed E-state index contributed by atoms with van der Waals surface area (Å²) in [6.07, 6.45) is 4.41. The van der Waals surface area contributed by atoms with Gasteiger partial charge in [0, 0.05) is 44.3 Å². The van der Waals surface area contributed by atoms with Gasteiger partial charge in [0.15, 0.2) is 5.16 Å². The highest BCUT2D eigenvalue weighted by Gasteiger charge is 2.21. The molecule has 0 unspecified atom stereocenters. The van der Waals surface area contributed by atoms with Crippen LogP contribution in [0.15, 0.2) is 35.7 Å². The number of carbonyl (C=O) groups is 2. The highest BCUT2D eigenvalue weighted by Crippen LogP contribution is 2.22. The largest absolute Gasteiger partial charge is 0.351 e. The summed E-state index contributed by atoms with van der Waals surface area (Å²) in [5.41, 5.74) is 8.77. The van der Waals surface area contributed by atoms with E-state index in [-0.39, 0.29) is 5.91 Å². The molecule has 3 amide bonds. The van der Waals surface area contributed by atoms with E-state index in [1.165, 1.54) is 22.9 Å². The van der Waals surface area contributed by atoms with Gasteiger partial charge in [-0.15, -0.1) is 0 Å². The predicted octanol–water partition coefficient (Wildman–Crippen LogP) is 2.19. The van der Waals surface area contributed by atoms with E-state index in [1.807, 2.05) is 10.8 Å². The molecule has 0 spiro atoms. The number of aryl methyl sites for hydroxylation is 2. The normalized spacial score (nSPS) is 14.9. The maximum atomic E-state index is 12.6. The number of urea groups is 1. The number of hydrogen-bond acceptors (Lipinski definition) is 4. The molecule has 0 atom stereocenters. The van der Waals surface area contributed by atoms with Crippen molar-refractivity contribution in [3.8, 4) is 5.69 Å². The lowest BCUT2D eigenvalue weighted by atomic mass is 10.1. The minimum absolute atomic E-state index is 0.0568. The van der Waals surface area contributed by atoms with Crippen molar-refractivity contribution >= 4 is 23.7 Å². The zero-order valence-corrected chi connectivity index (χ0v) is 16.5. The number of amides is 3. The van der Waals surface area contributed by atoms with Crippen molar-refractivity contribution in [2.24, 2.45) is 5.73 Å². The number of imidazole rings is 1. The number of carbonyl (C=O) groups excluding carboxylic acids is 2. The fraction of sp³-hybridized carbons (Fsp3) is 0.421. The topological polar surface area (TPSA) is 84.5 Å². The van der Waals surface area contributed by atoms with Gasteiger partial charge in [-0.05, 0) is 43.5 Å². The van der Waals surface area contributed by atoms with Gasteiger partial charge in [0.2, 0.25) is 5.91 Å². The van der Waals surface area contributed by atoms with Crippen LogP contribution in [-0.4, -0.2) is 63.2 Å². The molecular weight excluding hydrogens is 362 g/mol. The highest BCUT2D eigenvalue weighted by molar-refractivity contribution is 7.99. The van der Waals surface area contributed by atoms with Crippen LogP contribution in [0.2, 0.25) is 0 Å². The van der Waals surface area contributed by atoms with E-state index < -0.39 is 6.03 Å². The summed E-state index contributed by atoms with van der Waals surface area (Å²) in [4.78, 5) is 31.7. The summed E-state index contributed by atoms with van der Waals surface area (Å²) in [6, 6.07) is 5.92. The van der Waals surface area contributed by atoms with Crippen LogP contribution >= 0.6 is 11.8 Å². The summed E-state index contributed by atoms with van der Waals surface area (Å²) in [6.45, 7) is 6.39. The van der Waals surface area contributed by atoms with E-state index in [2.05, 4.69) is 37.0 Å². The molecule has 7 nitrogen and oxygen atoms in total. The van der Waals surface area contributed by atoms with Gasteiger partial charge in [0.25, 0.3) is 0 Å². The summed E-state index contributed by atoms with van der Waals surface area (Å²) < 4.78 is 2.01. The smallest absolute Gasteiger partial charge is 0.314 e. The van der Waals surface area contributed by atoms with Gasteiger partial charge in [-0.2, -0.15) is 0 Å². The standard InChI is InChI=1S/C19H25N5O2S/c1-14-10-15(2)12-16(11-14)24-7-4-21-19(24)27-13-17(25)22-5-3-6-23(9-8-22)18(20)26/h4,7,10-12H,3,5-6,8-9,13H2,1-2H3,(H2,20,26). The Hall–Kier alpha value is -2.48. The quantitative estimate of drug-likeness (QED) is 0.815. The van der Waals surface area contributed by atoms with Crippen molar-refractivity contribution in [3.63, 3.8) is 0 Å². The average molecular weight is 388 g/mol. The maximum Gasteiger partial charge on any atom is 0.314 e. The molecule has 1 aromatic heterocycles. The first-order chi connectivity index (χ1) is 12.9. The number of nitrogens with two attached hydrogens (primary N) is 1. The van der Waals surface area contributed by atoms with Crippen LogP contribution in [0, 0.1) is 13.8 Å². The first-order valence-corrected chi connectivity index (χ1v) is 9.99. The Morgan fingerprint density at radius 3 is 2.44 bits per heavy atom. The average Bonchev–Trinajstić information content (AvgIpc) is 2.93. The van der Waals surface area contributed by atoms with Crippen molar-refractivity contribution < 1.29 is 9.59 Å². The van der Waals surface area contributed by atoms with Gasteiger partial charge >= 0.3 is 6.03 Å². The van der Waals surface area contributed by atoms with E-state index in [1.54, 1.807) is 16.0 Å². The summed E-state index contributed by atoms with van der Waals surface area (Å²) >= 11 is 1.43. The lowest BCUT2D eigenvalue weighted by Gasteiger charge is -2.21. The molecule has 0 bridgehead atoms. The molecule has 2 aromatic rings. The van der Waals surface area contributed by atoms with Crippen LogP contribution in [-0.2, 0) is 4.79 Å². The summed E-state index contributed by atoms with van der Waals surface area (Å²) in [5, 5.41) is 0.793. The second-order valence-corrected chi connectivity index (χ2v) is 7.72. The zero-order valence-electron chi connectivity index (χ0n) is 15.7. The lowest BCUT2D eigenvalue weighted by molar-refractivity contribution is -0.128. The van der Waals surface area contributed by atoms with Crippen molar-refractivity contribution in [1.29, 1.82) is 0 Å². The molecule has 1 aliphatic heterocycles. The van der Waals surface area contributed by atoms with Gasteiger partial charge < -0.3 is 15.5 Å². The van der Waals surface area contributed by atoms with Crippen molar-refractivity contribution in [1.82, 2.24) is 19.4 Å². The fourth-order valence-corrected chi connectivity index (χ4v) is 4.16. The second kappa shape index (κ2) is 8.47. The molecule has 2 N–H and O–H groups in total. The number of thioether (sulfide) groups is 1. The van der Waals surface area contributed by atoms with Crippen molar-refractivity contribution in [3.05, 3.63) is 41.7 Å². The molecule has 1 aliphatic rings. The molecule has 1 saturated heterocycles. The van der Waals surface area contributed by atoms with Crippen molar-refractivity contribution in [2.45, 2.75) is 25.4 Å². The van der Waals surface area contributed by atoms with E-state index in [9.17, 15) is 9.59 Å². The van der Waals surface area contributed by atoms with Crippen LogP contribution < -0.4 is 5.73 Å². The first kappa shape index (κ1) is 19.3. The minimum Gasteiger partial charge on any atom is -0.351 e. The van der Waals surface area contributed by atoms with Gasteiger partial charge in [-0.25, -0.2) is 9.78 Å². The van der Waals surface area contributed by atoms with E-state index in [4.69, 9.17) is 5.73 Å². The Labute approximate surface area is 163 Å². The first-order valence-electron chi connectivity index (χ1n) is 9.01. The third kappa shape index (κ3) is 4.82. The summed E-state index contributed by atoms with van der Waals surface area (Å²) in [5.74, 6) is 0.375. The monoisotopic (exact) mass is 387 g/mol. The molecule has 0 radical (unpaired) electrons. The fourth-order valence-electron chi connectivity index (χ4n) is 3.29. The second-order valence-electron chi connectivity index (χ2n) is 6.77. The van der Waals surface area contributed by atoms with E-state index >= 15 is 0 Å². The Morgan fingerprint density at radius 2 is 1.74 bits per heavy atom.